The summed E-state index contributed by atoms with van der Waals surface area (Å²) >= 11 is 1.51. The molecule has 0 amide bonds. The molecule has 102 valence electrons. The Hall–Kier alpha value is -0.970. The van der Waals surface area contributed by atoms with Gasteiger partial charge in [0.15, 0.2) is 5.16 Å². The summed E-state index contributed by atoms with van der Waals surface area (Å²) in [4.78, 5) is 8.54. The monoisotopic (exact) mass is 268 g/mol. The minimum absolute atomic E-state index is 0.526. The number of aromatic nitrogens is 2. The fraction of sp³-hybridized carbons (Fsp3) is 0.692. The van der Waals surface area contributed by atoms with Crippen LogP contribution in [0.2, 0.25) is 0 Å². The molecule has 1 aromatic heterocycles. The fourth-order valence-electron chi connectivity index (χ4n) is 1.82. The molecule has 1 unspecified atom stereocenters. The molecule has 0 aliphatic heterocycles. The van der Waals surface area contributed by atoms with E-state index >= 15 is 0 Å². The van der Waals surface area contributed by atoms with E-state index in [1.54, 1.807) is 6.07 Å². The van der Waals surface area contributed by atoms with Gasteiger partial charge in [-0.2, -0.15) is 0 Å². The van der Waals surface area contributed by atoms with Crippen LogP contribution in [0.3, 0.4) is 0 Å². The van der Waals surface area contributed by atoms with Crippen molar-refractivity contribution in [1.29, 1.82) is 0 Å². The molecule has 1 rings (SSSR count). The normalized spacial score (nSPS) is 12.4. The van der Waals surface area contributed by atoms with Crippen molar-refractivity contribution < 1.29 is 0 Å². The first-order valence-corrected chi connectivity index (χ1v) is 7.84. The van der Waals surface area contributed by atoms with Gasteiger partial charge in [0.2, 0.25) is 0 Å². The molecule has 0 saturated carbocycles. The Balaban J connectivity index is 2.53. The van der Waals surface area contributed by atoms with Crippen LogP contribution in [0.5, 0.6) is 0 Å². The maximum Gasteiger partial charge on any atom is 0.191 e. The highest BCUT2D eigenvalue weighted by Crippen LogP contribution is 2.17. The number of anilines is 2. The molecule has 1 heterocycles. The Morgan fingerprint density at radius 2 is 2.17 bits per heavy atom. The third-order valence-electron chi connectivity index (χ3n) is 3.02. The first-order chi connectivity index (χ1) is 8.69. The highest BCUT2D eigenvalue weighted by molar-refractivity contribution is 7.98. The number of rotatable bonds is 8. The lowest BCUT2D eigenvalue weighted by Gasteiger charge is -2.16. The molecule has 1 atom stereocenters. The van der Waals surface area contributed by atoms with Crippen molar-refractivity contribution in [1.82, 2.24) is 9.97 Å². The topological polar surface area (TPSA) is 63.8 Å². The van der Waals surface area contributed by atoms with Crippen LogP contribution in [0.1, 0.15) is 39.5 Å². The fourth-order valence-corrected chi connectivity index (χ4v) is 2.20. The van der Waals surface area contributed by atoms with Gasteiger partial charge in [-0.1, -0.05) is 44.9 Å². The van der Waals surface area contributed by atoms with Gasteiger partial charge in [0.05, 0.1) is 0 Å². The van der Waals surface area contributed by atoms with Crippen molar-refractivity contribution in [3.63, 3.8) is 0 Å². The standard InChI is InChI=1S/C13H24N4S/c1-4-6-7-10(5-2)9-15-12-8-11(14)16-13(17-12)18-3/h8,10H,4-7,9H2,1-3H3,(H3,14,15,16,17). The number of thioether (sulfide) groups is 1. The quantitative estimate of drug-likeness (QED) is 0.559. The molecule has 0 spiro atoms. The number of nitrogens with zero attached hydrogens (tertiary/aromatic N) is 2. The molecule has 0 fully saturated rings. The van der Waals surface area contributed by atoms with Gasteiger partial charge in [-0.25, -0.2) is 9.97 Å². The Bertz CT molecular complexity index is 357. The van der Waals surface area contributed by atoms with Gasteiger partial charge < -0.3 is 11.1 Å². The van der Waals surface area contributed by atoms with E-state index in [-0.39, 0.29) is 0 Å². The van der Waals surface area contributed by atoms with Gasteiger partial charge >= 0.3 is 0 Å². The van der Waals surface area contributed by atoms with Crippen molar-refractivity contribution in [3.05, 3.63) is 6.07 Å². The largest absolute Gasteiger partial charge is 0.383 e. The van der Waals surface area contributed by atoms with Gasteiger partial charge in [-0.15, -0.1) is 0 Å². The highest BCUT2D eigenvalue weighted by Gasteiger charge is 2.07. The lowest BCUT2D eigenvalue weighted by atomic mass is 9.99. The van der Waals surface area contributed by atoms with Crippen molar-refractivity contribution in [3.8, 4) is 0 Å². The number of nitrogens with two attached hydrogens (primary N) is 1. The minimum Gasteiger partial charge on any atom is -0.383 e. The van der Waals surface area contributed by atoms with Crippen molar-refractivity contribution in [2.24, 2.45) is 5.92 Å². The van der Waals surface area contributed by atoms with E-state index < -0.39 is 0 Å². The third-order valence-corrected chi connectivity index (χ3v) is 3.57. The van der Waals surface area contributed by atoms with Crippen LogP contribution in [-0.2, 0) is 0 Å². The van der Waals surface area contributed by atoms with Crippen LogP contribution in [0.25, 0.3) is 0 Å². The average molecular weight is 268 g/mol. The second kappa shape index (κ2) is 8.19. The summed E-state index contributed by atoms with van der Waals surface area (Å²) in [5.74, 6) is 2.07. The van der Waals surface area contributed by atoms with E-state index in [1.807, 2.05) is 6.26 Å². The third kappa shape index (κ3) is 5.12. The van der Waals surface area contributed by atoms with Crippen molar-refractivity contribution in [2.75, 3.05) is 23.9 Å². The number of hydrogen-bond donors (Lipinski definition) is 2. The molecular formula is C13H24N4S. The zero-order valence-corrected chi connectivity index (χ0v) is 12.4. The van der Waals surface area contributed by atoms with Crippen LogP contribution in [0.15, 0.2) is 11.2 Å². The second-order valence-corrected chi connectivity index (χ2v) is 5.24. The smallest absolute Gasteiger partial charge is 0.191 e. The molecule has 3 N–H and O–H groups in total. The molecule has 1 aromatic rings. The lowest BCUT2D eigenvalue weighted by Crippen LogP contribution is -2.15. The van der Waals surface area contributed by atoms with Crippen LogP contribution >= 0.6 is 11.8 Å². The molecule has 0 saturated heterocycles. The first-order valence-electron chi connectivity index (χ1n) is 6.62. The van der Waals surface area contributed by atoms with Gasteiger partial charge in [0.1, 0.15) is 11.6 Å². The summed E-state index contributed by atoms with van der Waals surface area (Å²) in [7, 11) is 0. The van der Waals surface area contributed by atoms with E-state index in [1.165, 1.54) is 37.4 Å². The van der Waals surface area contributed by atoms with Gasteiger partial charge in [0, 0.05) is 12.6 Å². The molecule has 0 aliphatic carbocycles. The average Bonchev–Trinajstić information content (AvgIpc) is 2.38. The van der Waals surface area contributed by atoms with Gasteiger partial charge in [0.25, 0.3) is 0 Å². The lowest BCUT2D eigenvalue weighted by molar-refractivity contribution is 0.472. The molecule has 18 heavy (non-hydrogen) atoms. The minimum atomic E-state index is 0.526. The number of unbranched alkanes of at least 4 members (excludes halogenated alkanes) is 1. The Morgan fingerprint density at radius 3 is 2.78 bits per heavy atom. The van der Waals surface area contributed by atoms with E-state index in [4.69, 9.17) is 5.73 Å². The molecule has 0 radical (unpaired) electrons. The van der Waals surface area contributed by atoms with Crippen LogP contribution in [-0.4, -0.2) is 22.8 Å². The summed E-state index contributed by atoms with van der Waals surface area (Å²) in [6.45, 7) is 5.43. The van der Waals surface area contributed by atoms with E-state index in [0.29, 0.717) is 11.7 Å². The Morgan fingerprint density at radius 1 is 1.39 bits per heavy atom. The Kier molecular flexibility index (Phi) is 6.86. The van der Waals surface area contributed by atoms with E-state index in [0.717, 1.165) is 17.5 Å². The van der Waals surface area contributed by atoms with Gasteiger partial charge in [-0.05, 0) is 18.6 Å². The van der Waals surface area contributed by atoms with Crippen LogP contribution < -0.4 is 11.1 Å². The molecular weight excluding hydrogens is 244 g/mol. The SMILES string of the molecule is CCCCC(CC)CNc1cc(N)nc(SC)n1. The molecule has 4 nitrogen and oxygen atoms in total. The predicted molar refractivity (Wildman–Crippen MR) is 80.0 cm³/mol. The van der Waals surface area contributed by atoms with E-state index in [9.17, 15) is 0 Å². The van der Waals surface area contributed by atoms with Crippen molar-refractivity contribution in [2.45, 2.75) is 44.7 Å². The summed E-state index contributed by atoms with van der Waals surface area (Å²) < 4.78 is 0. The maximum absolute atomic E-state index is 5.75. The molecule has 0 aromatic carbocycles. The summed E-state index contributed by atoms with van der Waals surface area (Å²) in [6, 6.07) is 1.80. The van der Waals surface area contributed by atoms with Crippen LogP contribution in [0.4, 0.5) is 11.6 Å². The summed E-state index contributed by atoms with van der Waals surface area (Å²) in [5, 5.41) is 4.10. The predicted octanol–water partition coefficient (Wildman–Crippen LogP) is 3.41. The number of nitrogen functional groups attached to an aromatic ring is 1. The summed E-state index contributed by atoms with van der Waals surface area (Å²) in [5.41, 5.74) is 5.75. The molecule has 0 bridgehead atoms. The highest BCUT2D eigenvalue weighted by atomic mass is 32.2. The van der Waals surface area contributed by atoms with Crippen LogP contribution in [0, 0.1) is 5.92 Å². The zero-order valence-electron chi connectivity index (χ0n) is 11.6. The molecule has 0 aliphatic rings. The van der Waals surface area contributed by atoms with Crippen molar-refractivity contribution >= 4 is 23.4 Å². The molecule has 5 heteroatoms. The Labute approximate surface area is 114 Å². The zero-order chi connectivity index (χ0) is 13.4. The second-order valence-electron chi connectivity index (χ2n) is 4.46. The van der Waals surface area contributed by atoms with Gasteiger partial charge in [-0.3, -0.25) is 0 Å². The summed E-state index contributed by atoms with van der Waals surface area (Å²) in [6.07, 6.45) is 6.98. The number of hydrogen-bond acceptors (Lipinski definition) is 5. The first kappa shape index (κ1) is 15.1. The maximum atomic E-state index is 5.75. The number of nitrogens with one attached hydrogen (secondary N) is 1. The van der Waals surface area contributed by atoms with E-state index in [2.05, 4.69) is 29.1 Å².